The van der Waals surface area contributed by atoms with Gasteiger partial charge in [-0.25, -0.2) is 4.79 Å². The van der Waals surface area contributed by atoms with Crippen LogP contribution in [-0.2, 0) is 0 Å². The van der Waals surface area contributed by atoms with Crippen molar-refractivity contribution in [2.24, 2.45) is 5.92 Å². The highest BCUT2D eigenvalue weighted by Gasteiger charge is 2.20. The number of carbonyl (C=O) groups is 1. The molecule has 3 nitrogen and oxygen atoms in total. The molecule has 2 amide bonds. The molecule has 1 aliphatic rings. The van der Waals surface area contributed by atoms with E-state index in [9.17, 15) is 4.79 Å². The number of nitrogens with one attached hydrogen (secondary N) is 1. The van der Waals surface area contributed by atoms with Crippen molar-refractivity contribution in [1.29, 1.82) is 0 Å². The Kier molecular flexibility index (Phi) is 6.03. The van der Waals surface area contributed by atoms with Crippen molar-refractivity contribution in [3.05, 3.63) is 0 Å². The van der Waals surface area contributed by atoms with Crippen LogP contribution in [0.5, 0.6) is 0 Å². The second kappa shape index (κ2) is 7.05. The lowest BCUT2D eigenvalue weighted by atomic mass is 10.00. The van der Waals surface area contributed by atoms with Crippen LogP contribution in [0.4, 0.5) is 4.79 Å². The number of hydrogen-bond acceptors (Lipinski definition) is 2. The summed E-state index contributed by atoms with van der Waals surface area (Å²) >= 11 is 1.83. The molecule has 16 heavy (non-hydrogen) atoms. The number of likely N-dealkylation sites (tertiary alicyclic amines) is 1. The van der Waals surface area contributed by atoms with Crippen molar-refractivity contribution in [2.75, 3.05) is 25.1 Å². The second-order valence-electron chi connectivity index (χ2n) is 4.80. The molecule has 1 rings (SSSR count). The topological polar surface area (TPSA) is 32.3 Å². The Labute approximate surface area is 103 Å². The minimum absolute atomic E-state index is 0.125. The maximum atomic E-state index is 11.9. The van der Waals surface area contributed by atoms with Gasteiger partial charge in [-0.05, 0) is 44.1 Å². The summed E-state index contributed by atoms with van der Waals surface area (Å²) in [5.74, 6) is 1.89. The first kappa shape index (κ1) is 13.7. The smallest absolute Gasteiger partial charge is 0.317 e. The van der Waals surface area contributed by atoms with Crippen LogP contribution in [0.2, 0.25) is 0 Å². The van der Waals surface area contributed by atoms with Crippen molar-refractivity contribution in [3.63, 3.8) is 0 Å². The van der Waals surface area contributed by atoms with Crippen LogP contribution in [0.3, 0.4) is 0 Å². The second-order valence-corrected chi connectivity index (χ2v) is 5.79. The Morgan fingerprint density at radius 1 is 1.50 bits per heavy atom. The molecule has 1 atom stereocenters. The molecular weight excluding hydrogens is 220 g/mol. The largest absolute Gasteiger partial charge is 0.336 e. The van der Waals surface area contributed by atoms with E-state index in [-0.39, 0.29) is 6.03 Å². The van der Waals surface area contributed by atoms with Gasteiger partial charge in [-0.2, -0.15) is 11.8 Å². The molecule has 1 unspecified atom stereocenters. The summed E-state index contributed by atoms with van der Waals surface area (Å²) in [6, 6.07) is 0.416. The molecule has 0 aromatic heterocycles. The van der Waals surface area contributed by atoms with Gasteiger partial charge in [0.05, 0.1) is 0 Å². The summed E-state index contributed by atoms with van der Waals surface area (Å²) in [7, 11) is 0. The molecular formula is C12H24N2OS. The molecule has 0 bridgehead atoms. The number of carbonyl (C=O) groups excluding carboxylic acids is 1. The van der Waals surface area contributed by atoms with Gasteiger partial charge in [-0.3, -0.25) is 0 Å². The first-order valence-corrected chi connectivity index (χ1v) is 7.57. The van der Waals surface area contributed by atoms with E-state index in [1.807, 2.05) is 16.7 Å². The van der Waals surface area contributed by atoms with Crippen LogP contribution in [-0.4, -0.2) is 42.1 Å². The van der Waals surface area contributed by atoms with Gasteiger partial charge >= 0.3 is 6.03 Å². The average molecular weight is 244 g/mol. The molecule has 0 aromatic carbocycles. The average Bonchev–Trinajstić information content (AvgIpc) is 2.27. The van der Waals surface area contributed by atoms with Gasteiger partial charge in [0, 0.05) is 19.1 Å². The van der Waals surface area contributed by atoms with Gasteiger partial charge < -0.3 is 10.2 Å². The number of amides is 2. The number of urea groups is 1. The lowest BCUT2D eigenvalue weighted by Crippen LogP contribution is -2.47. The Hall–Kier alpha value is -0.380. The number of piperidine rings is 1. The summed E-state index contributed by atoms with van der Waals surface area (Å²) in [5, 5.41) is 3.07. The van der Waals surface area contributed by atoms with Crippen molar-refractivity contribution in [2.45, 2.75) is 39.2 Å². The van der Waals surface area contributed by atoms with Gasteiger partial charge in [0.2, 0.25) is 0 Å². The minimum Gasteiger partial charge on any atom is -0.336 e. The first-order chi connectivity index (χ1) is 7.63. The highest BCUT2D eigenvalue weighted by atomic mass is 32.2. The highest BCUT2D eigenvalue weighted by Crippen LogP contribution is 2.15. The molecule has 0 radical (unpaired) electrons. The van der Waals surface area contributed by atoms with Crippen molar-refractivity contribution < 1.29 is 4.79 Å². The molecule has 0 spiro atoms. The summed E-state index contributed by atoms with van der Waals surface area (Å²) < 4.78 is 0. The normalized spacial score (nSPS) is 19.6. The number of nitrogens with zero attached hydrogens (tertiary/aromatic N) is 1. The molecule has 1 fully saturated rings. The van der Waals surface area contributed by atoms with Crippen LogP contribution in [0.25, 0.3) is 0 Å². The molecule has 1 N–H and O–H groups in total. The third-order valence-corrected chi connectivity index (χ3v) is 3.84. The van der Waals surface area contributed by atoms with Gasteiger partial charge in [0.15, 0.2) is 0 Å². The summed E-state index contributed by atoms with van der Waals surface area (Å²) in [5.41, 5.74) is 0. The van der Waals surface area contributed by atoms with Gasteiger partial charge in [0.1, 0.15) is 0 Å². The quantitative estimate of drug-likeness (QED) is 0.824. The zero-order valence-corrected chi connectivity index (χ0v) is 11.5. The highest BCUT2D eigenvalue weighted by molar-refractivity contribution is 7.98. The standard InChI is InChI=1S/C12H24N2OS/c1-10-4-7-14(8-5-10)12(15)13-11(2)6-9-16-3/h10-11H,4-9H2,1-3H3,(H,13,15). The fourth-order valence-electron chi connectivity index (χ4n) is 1.88. The van der Waals surface area contributed by atoms with Crippen LogP contribution in [0, 0.1) is 5.92 Å². The number of hydrogen-bond donors (Lipinski definition) is 1. The lowest BCUT2D eigenvalue weighted by Gasteiger charge is -2.31. The summed E-state index contributed by atoms with van der Waals surface area (Å²) in [4.78, 5) is 13.8. The maximum absolute atomic E-state index is 11.9. The first-order valence-electron chi connectivity index (χ1n) is 6.18. The van der Waals surface area contributed by atoms with E-state index in [2.05, 4.69) is 25.4 Å². The lowest BCUT2D eigenvalue weighted by molar-refractivity contribution is 0.171. The zero-order valence-electron chi connectivity index (χ0n) is 10.7. The van der Waals surface area contributed by atoms with Crippen molar-refractivity contribution in [3.8, 4) is 0 Å². The predicted octanol–water partition coefficient (Wildman–Crippen LogP) is 2.57. The van der Waals surface area contributed by atoms with Crippen LogP contribution in [0.1, 0.15) is 33.1 Å². The maximum Gasteiger partial charge on any atom is 0.317 e. The molecule has 1 aliphatic heterocycles. The van der Waals surface area contributed by atoms with Crippen molar-refractivity contribution in [1.82, 2.24) is 10.2 Å². The van der Waals surface area contributed by atoms with E-state index >= 15 is 0 Å². The molecule has 1 heterocycles. The monoisotopic (exact) mass is 244 g/mol. The van der Waals surface area contributed by atoms with E-state index in [1.165, 1.54) is 0 Å². The molecule has 1 saturated heterocycles. The Bertz CT molecular complexity index is 215. The van der Waals surface area contributed by atoms with Gasteiger partial charge in [-0.15, -0.1) is 0 Å². The number of thioether (sulfide) groups is 1. The minimum atomic E-state index is 0.125. The van der Waals surface area contributed by atoms with E-state index < -0.39 is 0 Å². The van der Waals surface area contributed by atoms with Crippen molar-refractivity contribution >= 4 is 17.8 Å². The van der Waals surface area contributed by atoms with Crippen LogP contribution >= 0.6 is 11.8 Å². The fraction of sp³-hybridized carbons (Fsp3) is 0.917. The molecule has 0 aromatic rings. The van der Waals surface area contributed by atoms with E-state index in [4.69, 9.17) is 0 Å². The summed E-state index contributed by atoms with van der Waals surface area (Å²) in [6.07, 6.45) is 5.44. The molecule has 0 saturated carbocycles. The van der Waals surface area contributed by atoms with Crippen LogP contribution in [0.15, 0.2) is 0 Å². The van der Waals surface area contributed by atoms with E-state index in [1.54, 1.807) is 0 Å². The predicted molar refractivity (Wildman–Crippen MR) is 71.0 cm³/mol. The molecule has 0 aliphatic carbocycles. The Morgan fingerprint density at radius 2 is 2.12 bits per heavy atom. The van der Waals surface area contributed by atoms with Gasteiger partial charge in [0.25, 0.3) is 0 Å². The van der Waals surface area contributed by atoms with Crippen LogP contribution < -0.4 is 5.32 Å². The third kappa shape index (κ3) is 4.64. The Morgan fingerprint density at radius 3 is 2.69 bits per heavy atom. The Balaban J connectivity index is 2.23. The van der Waals surface area contributed by atoms with E-state index in [0.717, 1.165) is 44.0 Å². The van der Waals surface area contributed by atoms with Gasteiger partial charge in [-0.1, -0.05) is 6.92 Å². The molecule has 4 heteroatoms. The number of rotatable bonds is 4. The summed E-state index contributed by atoms with van der Waals surface area (Å²) in [6.45, 7) is 6.18. The molecule has 94 valence electrons. The SMILES string of the molecule is CSCCC(C)NC(=O)N1CCC(C)CC1. The zero-order chi connectivity index (χ0) is 12.0. The van der Waals surface area contributed by atoms with E-state index in [0.29, 0.717) is 6.04 Å². The fourth-order valence-corrected chi connectivity index (χ4v) is 2.47. The third-order valence-electron chi connectivity index (χ3n) is 3.20.